The summed E-state index contributed by atoms with van der Waals surface area (Å²) in [6, 6.07) is 1.57. The minimum atomic E-state index is -0.511. The lowest BCUT2D eigenvalue weighted by Gasteiger charge is -2.24. The van der Waals surface area contributed by atoms with Gasteiger partial charge in [0.25, 0.3) is 5.91 Å². The van der Waals surface area contributed by atoms with Crippen LogP contribution in [0.15, 0.2) is 12.3 Å². The molecule has 1 fully saturated rings. The average molecular weight is 250 g/mol. The van der Waals surface area contributed by atoms with E-state index in [0.717, 1.165) is 19.6 Å². The van der Waals surface area contributed by atoms with E-state index in [1.54, 1.807) is 6.07 Å². The van der Waals surface area contributed by atoms with Crippen LogP contribution in [-0.4, -0.2) is 36.7 Å². The van der Waals surface area contributed by atoms with E-state index in [-0.39, 0.29) is 6.10 Å². The summed E-state index contributed by atoms with van der Waals surface area (Å²) in [6.07, 6.45) is 2.54. The van der Waals surface area contributed by atoms with Crippen molar-refractivity contribution < 1.29 is 9.53 Å². The molecule has 4 N–H and O–H groups in total. The van der Waals surface area contributed by atoms with Crippen LogP contribution < -0.4 is 16.4 Å². The Morgan fingerprint density at radius 1 is 1.61 bits per heavy atom. The predicted molar refractivity (Wildman–Crippen MR) is 69.4 cm³/mol. The molecule has 6 nitrogen and oxygen atoms in total. The van der Waals surface area contributed by atoms with E-state index in [0.29, 0.717) is 23.6 Å². The Labute approximate surface area is 106 Å². The Hall–Kier alpha value is -1.82. The van der Waals surface area contributed by atoms with Crippen molar-refractivity contribution in [1.82, 2.24) is 4.98 Å². The van der Waals surface area contributed by atoms with Crippen molar-refractivity contribution in [3.63, 3.8) is 0 Å². The number of pyridine rings is 1. The number of nitrogens with two attached hydrogens (primary N) is 2. The van der Waals surface area contributed by atoms with Crippen LogP contribution in [0, 0.1) is 0 Å². The molecule has 0 bridgehead atoms. The molecule has 0 aromatic carbocycles. The molecule has 6 heteroatoms. The first-order valence-electron chi connectivity index (χ1n) is 6.00. The van der Waals surface area contributed by atoms with E-state index in [1.807, 2.05) is 11.8 Å². The molecule has 0 saturated carbocycles. The number of anilines is 2. The molecule has 0 spiro atoms. The van der Waals surface area contributed by atoms with Crippen LogP contribution in [0.4, 0.5) is 11.5 Å². The molecule has 1 aliphatic rings. The second kappa shape index (κ2) is 5.22. The third-order valence-electron chi connectivity index (χ3n) is 2.91. The van der Waals surface area contributed by atoms with Gasteiger partial charge < -0.3 is 21.1 Å². The van der Waals surface area contributed by atoms with Crippen molar-refractivity contribution in [2.45, 2.75) is 19.4 Å². The summed E-state index contributed by atoms with van der Waals surface area (Å²) in [6.45, 7) is 4.21. The molecule has 98 valence electrons. The van der Waals surface area contributed by atoms with Gasteiger partial charge in [-0.05, 0) is 19.4 Å². The smallest absolute Gasteiger partial charge is 0.252 e. The van der Waals surface area contributed by atoms with Crippen molar-refractivity contribution in [2.24, 2.45) is 5.73 Å². The molecule has 1 saturated heterocycles. The number of nitrogens with zero attached hydrogens (tertiary/aromatic N) is 2. The molecular weight excluding hydrogens is 232 g/mol. The number of amides is 1. The zero-order valence-electron chi connectivity index (χ0n) is 10.4. The van der Waals surface area contributed by atoms with Crippen LogP contribution in [0.2, 0.25) is 0 Å². The number of ether oxygens (including phenoxy) is 1. The number of carbonyl (C=O) groups excluding carboxylic acids is 1. The van der Waals surface area contributed by atoms with E-state index in [1.165, 1.54) is 6.20 Å². The Bertz CT molecular complexity index is 450. The topological polar surface area (TPSA) is 94.5 Å². The lowest BCUT2D eigenvalue weighted by Crippen LogP contribution is -2.33. The highest BCUT2D eigenvalue weighted by atomic mass is 16.5. The highest BCUT2D eigenvalue weighted by Crippen LogP contribution is 2.21. The lowest BCUT2D eigenvalue weighted by atomic mass is 10.2. The standard InChI is InChI=1S/C12H18N4O2/c1-8-7-16(3-2-4-18-8)12-10(11(14)17)5-9(13)6-15-12/h5-6,8H,2-4,7,13H2,1H3,(H2,14,17). The first kappa shape index (κ1) is 12.6. The van der Waals surface area contributed by atoms with Crippen LogP contribution in [0.5, 0.6) is 0 Å². The van der Waals surface area contributed by atoms with Crippen molar-refractivity contribution >= 4 is 17.4 Å². The summed E-state index contributed by atoms with van der Waals surface area (Å²) in [4.78, 5) is 17.7. The van der Waals surface area contributed by atoms with E-state index < -0.39 is 5.91 Å². The maximum absolute atomic E-state index is 11.5. The molecule has 0 radical (unpaired) electrons. The third kappa shape index (κ3) is 2.70. The van der Waals surface area contributed by atoms with E-state index in [2.05, 4.69) is 4.98 Å². The van der Waals surface area contributed by atoms with Crippen molar-refractivity contribution in [1.29, 1.82) is 0 Å². The number of hydrogen-bond acceptors (Lipinski definition) is 5. The molecule has 2 heterocycles. The fourth-order valence-electron chi connectivity index (χ4n) is 2.09. The maximum Gasteiger partial charge on any atom is 0.252 e. The quantitative estimate of drug-likeness (QED) is 0.791. The van der Waals surface area contributed by atoms with Gasteiger partial charge in [0.1, 0.15) is 5.82 Å². The lowest BCUT2D eigenvalue weighted by molar-refractivity contribution is 0.0820. The molecule has 1 amide bonds. The highest BCUT2D eigenvalue weighted by Gasteiger charge is 2.21. The molecular formula is C12H18N4O2. The Morgan fingerprint density at radius 2 is 2.39 bits per heavy atom. The highest BCUT2D eigenvalue weighted by molar-refractivity contribution is 5.98. The van der Waals surface area contributed by atoms with Gasteiger partial charge in [0.05, 0.1) is 23.6 Å². The minimum absolute atomic E-state index is 0.104. The maximum atomic E-state index is 11.5. The first-order chi connectivity index (χ1) is 8.58. The van der Waals surface area contributed by atoms with Gasteiger partial charge >= 0.3 is 0 Å². The van der Waals surface area contributed by atoms with Gasteiger partial charge in [-0.25, -0.2) is 4.98 Å². The van der Waals surface area contributed by atoms with Gasteiger partial charge in [-0.15, -0.1) is 0 Å². The fraction of sp³-hybridized carbons (Fsp3) is 0.500. The van der Waals surface area contributed by atoms with E-state index in [9.17, 15) is 4.79 Å². The number of primary amides is 1. The van der Waals surface area contributed by atoms with Gasteiger partial charge in [-0.3, -0.25) is 4.79 Å². The average Bonchev–Trinajstić information content (AvgIpc) is 2.53. The Balaban J connectivity index is 2.33. The van der Waals surface area contributed by atoms with Gasteiger partial charge in [0.15, 0.2) is 0 Å². The fourth-order valence-corrected chi connectivity index (χ4v) is 2.09. The third-order valence-corrected chi connectivity index (χ3v) is 2.91. The Morgan fingerprint density at radius 3 is 3.11 bits per heavy atom. The predicted octanol–water partition coefficient (Wildman–Crippen LogP) is 0.378. The van der Waals surface area contributed by atoms with Crippen LogP contribution in [0.25, 0.3) is 0 Å². The van der Waals surface area contributed by atoms with Gasteiger partial charge in [-0.2, -0.15) is 0 Å². The van der Waals surface area contributed by atoms with Gasteiger partial charge in [0, 0.05) is 19.7 Å². The first-order valence-corrected chi connectivity index (χ1v) is 6.00. The molecule has 2 rings (SSSR count). The number of nitrogen functional groups attached to an aromatic ring is 1. The summed E-state index contributed by atoms with van der Waals surface area (Å²) in [7, 11) is 0. The molecule has 1 atom stereocenters. The van der Waals surface area contributed by atoms with Gasteiger partial charge in [0.2, 0.25) is 0 Å². The molecule has 1 aromatic rings. The van der Waals surface area contributed by atoms with E-state index >= 15 is 0 Å². The largest absolute Gasteiger partial charge is 0.397 e. The molecule has 0 aliphatic carbocycles. The molecule has 1 aromatic heterocycles. The van der Waals surface area contributed by atoms with Crippen LogP contribution in [0.3, 0.4) is 0 Å². The summed E-state index contributed by atoms with van der Waals surface area (Å²) < 4.78 is 5.57. The molecule has 18 heavy (non-hydrogen) atoms. The zero-order chi connectivity index (χ0) is 13.1. The monoisotopic (exact) mass is 250 g/mol. The molecule has 1 unspecified atom stereocenters. The normalized spacial score (nSPS) is 20.5. The summed E-state index contributed by atoms with van der Waals surface area (Å²) >= 11 is 0. The summed E-state index contributed by atoms with van der Waals surface area (Å²) in [5, 5.41) is 0. The van der Waals surface area contributed by atoms with Crippen LogP contribution in [-0.2, 0) is 4.74 Å². The summed E-state index contributed by atoms with van der Waals surface area (Å²) in [5.74, 6) is 0.0802. The van der Waals surface area contributed by atoms with Crippen LogP contribution in [0.1, 0.15) is 23.7 Å². The second-order valence-electron chi connectivity index (χ2n) is 4.49. The van der Waals surface area contributed by atoms with Crippen molar-refractivity contribution in [3.8, 4) is 0 Å². The number of rotatable bonds is 2. The summed E-state index contributed by atoms with van der Waals surface area (Å²) in [5.41, 5.74) is 11.8. The number of hydrogen-bond donors (Lipinski definition) is 2. The van der Waals surface area contributed by atoms with E-state index in [4.69, 9.17) is 16.2 Å². The minimum Gasteiger partial charge on any atom is -0.397 e. The van der Waals surface area contributed by atoms with Crippen molar-refractivity contribution in [3.05, 3.63) is 17.8 Å². The second-order valence-corrected chi connectivity index (χ2v) is 4.49. The molecule has 1 aliphatic heterocycles. The van der Waals surface area contributed by atoms with Gasteiger partial charge in [-0.1, -0.05) is 0 Å². The van der Waals surface area contributed by atoms with Crippen LogP contribution >= 0.6 is 0 Å². The number of aromatic nitrogens is 1. The number of carbonyl (C=O) groups is 1. The Kier molecular flexibility index (Phi) is 3.66. The zero-order valence-corrected chi connectivity index (χ0v) is 10.4. The SMILES string of the molecule is CC1CN(c2ncc(N)cc2C(N)=O)CCCO1. The van der Waals surface area contributed by atoms with Crippen molar-refractivity contribution in [2.75, 3.05) is 30.3 Å².